The summed E-state index contributed by atoms with van der Waals surface area (Å²) < 4.78 is 18.4. The van der Waals surface area contributed by atoms with Gasteiger partial charge in [0.1, 0.15) is 11.6 Å². The highest BCUT2D eigenvalue weighted by atomic mass is 19.1. The Labute approximate surface area is 136 Å². The summed E-state index contributed by atoms with van der Waals surface area (Å²) in [6, 6.07) is 8.33. The minimum atomic E-state index is -0.594. The van der Waals surface area contributed by atoms with Gasteiger partial charge >= 0.3 is 6.03 Å². The third kappa shape index (κ3) is 2.44. The lowest BCUT2D eigenvalue weighted by atomic mass is 9.96. The first-order chi connectivity index (χ1) is 11.6. The largest absolute Gasteiger partial charge is 0.467 e. The van der Waals surface area contributed by atoms with E-state index in [-0.39, 0.29) is 17.8 Å². The first-order valence-corrected chi connectivity index (χ1v) is 7.49. The zero-order chi connectivity index (χ0) is 16.7. The molecule has 0 radical (unpaired) electrons. The first kappa shape index (κ1) is 14.5. The molecule has 6 nitrogen and oxygen atoms in total. The number of halogens is 1. The van der Waals surface area contributed by atoms with E-state index < -0.39 is 6.04 Å². The molecule has 0 aliphatic carbocycles. The van der Waals surface area contributed by atoms with E-state index in [0.717, 1.165) is 0 Å². The summed E-state index contributed by atoms with van der Waals surface area (Å²) in [5.74, 6) is 0.120. The molecule has 24 heavy (non-hydrogen) atoms. The average molecular weight is 327 g/mol. The molecule has 2 N–H and O–H groups in total. The third-order valence-corrected chi connectivity index (χ3v) is 4.15. The quantitative estimate of drug-likeness (QED) is 0.906. The van der Waals surface area contributed by atoms with Crippen LogP contribution in [0.15, 0.2) is 58.3 Å². The van der Waals surface area contributed by atoms with E-state index in [9.17, 15) is 14.0 Å². The molecule has 3 heterocycles. The molecule has 3 amide bonds. The van der Waals surface area contributed by atoms with Crippen molar-refractivity contribution in [1.29, 1.82) is 0 Å². The van der Waals surface area contributed by atoms with E-state index in [1.165, 1.54) is 12.1 Å². The average Bonchev–Trinajstić information content (AvgIpc) is 3.17. The molecular formula is C17H14FN3O3. The van der Waals surface area contributed by atoms with Crippen LogP contribution in [0.3, 0.4) is 0 Å². The standard InChI is InChI=1S/C17H14FN3O3/c18-11-5-3-10(4-6-11)15-14-13(19-17(23)20-15)9-21(16(14)22)8-12-2-1-7-24-12/h1-7,15H,8-9H2,(H2,19,20,23). The number of rotatable bonds is 3. The highest BCUT2D eigenvalue weighted by Crippen LogP contribution is 2.33. The van der Waals surface area contributed by atoms with Gasteiger partial charge in [0.15, 0.2) is 0 Å². The summed E-state index contributed by atoms with van der Waals surface area (Å²) >= 11 is 0. The van der Waals surface area contributed by atoms with Gasteiger partial charge < -0.3 is 20.0 Å². The Morgan fingerprint density at radius 3 is 2.71 bits per heavy atom. The number of nitrogens with zero attached hydrogens (tertiary/aromatic N) is 1. The number of benzene rings is 1. The lowest BCUT2D eigenvalue weighted by Gasteiger charge is -2.25. The maximum atomic E-state index is 13.2. The number of carbonyl (C=O) groups excluding carboxylic acids is 2. The van der Waals surface area contributed by atoms with E-state index in [1.54, 1.807) is 35.4 Å². The summed E-state index contributed by atoms with van der Waals surface area (Å²) in [5, 5.41) is 5.42. The van der Waals surface area contributed by atoms with E-state index in [2.05, 4.69) is 10.6 Å². The van der Waals surface area contributed by atoms with Crippen molar-refractivity contribution in [3.63, 3.8) is 0 Å². The fourth-order valence-electron chi connectivity index (χ4n) is 3.05. The number of carbonyl (C=O) groups is 2. The second kappa shape index (κ2) is 5.52. The lowest BCUT2D eigenvalue weighted by Crippen LogP contribution is -2.44. The summed E-state index contributed by atoms with van der Waals surface area (Å²) in [7, 11) is 0. The van der Waals surface area contributed by atoms with Crippen molar-refractivity contribution >= 4 is 11.9 Å². The van der Waals surface area contributed by atoms with E-state index in [1.807, 2.05) is 0 Å². The van der Waals surface area contributed by atoms with Crippen LogP contribution in [0.1, 0.15) is 17.4 Å². The normalized spacial score (nSPS) is 20.0. The number of nitrogens with one attached hydrogen (secondary N) is 2. The summed E-state index contributed by atoms with van der Waals surface area (Å²) in [4.78, 5) is 26.3. The molecule has 1 aromatic heterocycles. The van der Waals surface area contributed by atoms with Gasteiger partial charge in [0.25, 0.3) is 5.91 Å². The van der Waals surface area contributed by atoms with Crippen LogP contribution in [0.4, 0.5) is 9.18 Å². The number of hydrogen-bond acceptors (Lipinski definition) is 3. The van der Waals surface area contributed by atoms with Crippen molar-refractivity contribution in [3.05, 3.63) is 71.1 Å². The van der Waals surface area contributed by atoms with Gasteiger partial charge in [0.05, 0.1) is 36.7 Å². The van der Waals surface area contributed by atoms with Gasteiger partial charge in [-0.1, -0.05) is 12.1 Å². The smallest absolute Gasteiger partial charge is 0.319 e. The third-order valence-electron chi connectivity index (χ3n) is 4.15. The fraction of sp³-hybridized carbons (Fsp3) is 0.176. The van der Waals surface area contributed by atoms with Crippen molar-refractivity contribution in [2.75, 3.05) is 6.54 Å². The molecule has 0 fully saturated rings. The van der Waals surface area contributed by atoms with Gasteiger partial charge in [-0.3, -0.25) is 4.79 Å². The van der Waals surface area contributed by atoms with Gasteiger partial charge in [-0.15, -0.1) is 0 Å². The molecule has 2 aliphatic rings. The Balaban J connectivity index is 1.64. The summed E-state index contributed by atoms with van der Waals surface area (Å²) in [6.07, 6.45) is 1.55. The Morgan fingerprint density at radius 2 is 2.00 bits per heavy atom. The minimum absolute atomic E-state index is 0.178. The Hall–Kier alpha value is -3.09. The van der Waals surface area contributed by atoms with Gasteiger partial charge in [-0.2, -0.15) is 0 Å². The van der Waals surface area contributed by atoms with Crippen molar-refractivity contribution in [2.24, 2.45) is 0 Å². The molecule has 2 aliphatic heterocycles. The Kier molecular flexibility index (Phi) is 3.34. The van der Waals surface area contributed by atoms with Crippen LogP contribution in [0.25, 0.3) is 0 Å². The minimum Gasteiger partial charge on any atom is -0.467 e. The number of amides is 3. The predicted octanol–water partition coefficient (Wildman–Crippen LogP) is 2.07. The zero-order valence-electron chi connectivity index (χ0n) is 12.6. The monoisotopic (exact) mass is 327 g/mol. The fourth-order valence-corrected chi connectivity index (χ4v) is 3.05. The van der Waals surface area contributed by atoms with Crippen LogP contribution < -0.4 is 10.6 Å². The number of urea groups is 1. The van der Waals surface area contributed by atoms with Crippen LogP contribution in [-0.2, 0) is 11.3 Å². The molecule has 0 saturated heterocycles. The van der Waals surface area contributed by atoms with Gasteiger partial charge in [0, 0.05) is 0 Å². The lowest BCUT2D eigenvalue weighted by molar-refractivity contribution is -0.126. The molecule has 1 unspecified atom stereocenters. The Morgan fingerprint density at radius 1 is 1.21 bits per heavy atom. The summed E-state index contributed by atoms with van der Waals surface area (Å²) in [5.41, 5.74) is 1.71. The van der Waals surface area contributed by atoms with Crippen molar-refractivity contribution < 1.29 is 18.4 Å². The maximum absolute atomic E-state index is 13.2. The van der Waals surface area contributed by atoms with Crippen LogP contribution in [0, 0.1) is 5.82 Å². The second-order valence-corrected chi connectivity index (χ2v) is 5.72. The molecule has 0 spiro atoms. The SMILES string of the molecule is O=C1NC2=C(C(=O)N(Cc3ccco3)C2)C(c2ccc(F)cc2)N1. The van der Waals surface area contributed by atoms with E-state index >= 15 is 0 Å². The molecule has 7 heteroatoms. The predicted molar refractivity (Wildman–Crippen MR) is 82.0 cm³/mol. The number of furan rings is 1. The summed E-state index contributed by atoms with van der Waals surface area (Å²) in [6.45, 7) is 0.630. The molecule has 2 aromatic rings. The van der Waals surface area contributed by atoms with Crippen molar-refractivity contribution in [2.45, 2.75) is 12.6 Å². The Bertz CT molecular complexity index is 827. The molecule has 0 saturated carbocycles. The van der Waals surface area contributed by atoms with Crippen molar-refractivity contribution in [3.8, 4) is 0 Å². The van der Waals surface area contributed by atoms with Gasteiger partial charge in [0.2, 0.25) is 0 Å². The second-order valence-electron chi connectivity index (χ2n) is 5.72. The van der Waals surface area contributed by atoms with Gasteiger partial charge in [-0.05, 0) is 29.8 Å². The van der Waals surface area contributed by atoms with Crippen LogP contribution in [-0.4, -0.2) is 23.4 Å². The highest BCUT2D eigenvalue weighted by molar-refractivity contribution is 6.01. The molecule has 1 atom stereocenters. The molecule has 1 aromatic carbocycles. The van der Waals surface area contributed by atoms with Crippen molar-refractivity contribution in [1.82, 2.24) is 15.5 Å². The first-order valence-electron chi connectivity index (χ1n) is 7.49. The van der Waals surface area contributed by atoms with E-state index in [0.29, 0.717) is 35.7 Å². The van der Waals surface area contributed by atoms with Crippen LogP contribution in [0.5, 0.6) is 0 Å². The van der Waals surface area contributed by atoms with Crippen LogP contribution in [0.2, 0.25) is 0 Å². The van der Waals surface area contributed by atoms with Crippen LogP contribution >= 0.6 is 0 Å². The molecule has 0 bridgehead atoms. The maximum Gasteiger partial charge on any atom is 0.319 e. The molecular weight excluding hydrogens is 313 g/mol. The van der Waals surface area contributed by atoms with E-state index in [4.69, 9.17) is 4.42 Å². The molecule has 122 valence electrons. The zero-order valence-corrected chi connectivity index (χ0v) is 12.6. The number of hydrogen-bond donors (Lipinski definition) is 2. The van der Waals surface area contributed by atoms with Gasteiger partial charge in [-0.25, -0.2) is 9.18 Å². The topological polar surface area (TPSA) is 74.6 Å². The highest BCUT2D eigenvalue weighted by Gasteiger charge is 2.40. The molecule has 4 rings (SSSR count).